The lowest BCUT2D eigenvalue weighted by Gasteiger charge is -2.31. The number of nitrogens with zero attached hydrogens (tertiary/aromatic N) is 1. The second-order valence-electron chi connectivity index (χ2n) is 5.07. The number of hydrogen-bond donors (Lipinski definition) is 1. The first-order valence-corrected chi connectivity index (χ1v) is 7.26. The van der Waals surface area contributed by atoms with Crippen molar-refractivity contribution in [3.63, 3.8) is 0 Å². The lowest BCUT2D eigenvalue weighted by molar-refractivity contribution is -0.151. The molecule has 0 spiro atoms. The summed E-state index contributed by atoms with van der Waals surface area (Å²) in [5.74, 6) is 0.0292. The van der Waals surface area contributed by atoms with E-state index in [1.54, 1.807) is 0 Å². The van der Waals surface area contributed by atoms with Crippen LogP contribution in [0, 0.1) is 5.92 Å². The average molecular weight is 270 g/mol. The fourth-order valence-corrected chi connectivity index (χ4v) is 2.44. The van der Waals surface area contributed by atoms with Crippen molar-refractivity contribution < 1.29 is 14.3 Å². The number of carbonyl (C=O) groups is 2. The third-order valence-corrected chi connectivity index (χ3v) is 3.50. The van der Waals surface area contributed by atoms with Crippen LogP contribution < -0.4 is 5.32 Å². The van der Waals surface area contributed by atoms with Gasteiger partial charge in [-0.25, -0.2) is 0 Å². The van der Waals surface area contributed by atoms with Gasteiger partial charge in [-0.1, -0.05) is 6.92 Å². The standard InChI is InChI=1S/C14H26N2O3/c1-4-15-11(3)10-13(17)16-8-6-12(7-9-16)14(18)19-5-2/h11-12,15H,4-10H2,1-3H3. The van der Waals surface area contributed by atoms with Crippen LogP contribution >= 0.6 is 0 Å². The van der Waals surface area contributed by atoms with E-state index in [1.165, 1.54) is 0 Å². The highest BCUT2D eigenvalue weighted by Crippen LogP contribution is 2.19. The van der Waals surface area contributed by atoms with Crippen molar-refractivity contribution in [2.75, 3.05) is 26.2 Å². The van der Waals surface area contributed by atoms with Crippen LogP contribution in [0.1, 0.15) is 40.0 Å². The number of hydrogen-bond acceptors (Lipinski definition) is 4. The Balaban J connectivity index is 2.32. The molecule has 5 heteroatoms. The molecule has 1 saturated heterocycles. The number of carbonyl (C=O) groups excluding carboxylic acids is 2. The van der Waals surface area contributed by atoms with E-state index >= 15 is 0 Å². The molecule has 0 aromatic rings. The highest BCUT2D eigenvalue weighted by Gasteiger charge is 2.28. The van der Waals surface area contributed by atoms with Crippen LogP contribution in [0.2, 0.25) is 0 Å². The highest BCUT2D eigenvalue weighted by molar-refractivity contribution is 5.77. The minimum absolute atomic E-state index is 0.0322. The lowest BCUT2D eigenvalue weighted by atomic mass is 9.96. The van der Waals surface area contributed by atoms with Crippen LogP contribution in [0.4, 0.5) is 0 Å². The van der Waals surface area contributed by atoms with Gasteiger partial charge in [0.1, 0.15) is 0 Å². The molecule has 1 aliphatic rings. The van der Waals surface area contributed by atoms with Crippen LogP contribution in [-0.2, 0) is 14.3 Å². The molecule has 1 aliphatic heterocycles. The molecule has 0 aliphatic carbocycles. The van der Waals surface area contributed by atoms with E-state index in [4.69, 9.17) is 4.74 Å². The maximum Gasteiger partial charge on any atom is 0.309 e. The molecule has 5 nitrogen and oxygen atoms in total. The first-order chi connectivity index (χ1) is 9.08. The van der Waals surface area contributed by atoms with Gasteiger partial charge in [-0.3, -0.25) is 9.59 Å². The van der Waals surface area contributed by atoms with E-state index in [9.17, 15) is 9.59 Å². The molecule has 110 valence electrons. The molecule has 1 amide bonds. The molecule has 0 aromatic heterocycles. The summed E-state index contributed by atoms with van der Waals surface area (Å²) in [6.45, 7) is 8.51. The Morgan fingerprint density at radius 2 is 1.95 bits per heavy atom. The molecule has 19 heavy (non-hydrogen) atoms. The summed E-state index contributed by atoms with van der Waals surface area (Å²) in [5, 5.41) is 3.24. The predicted octanol–water partition coefficient (Wildman–Crippen LogP) is 1.18. The molecule has 1 unspecified atom stereocenters. The van der Waals surface area contributed by atoms with Crippen LogP contribution in [0.25, 0.3) is 0 Å². The molecule has 1 fully saturated rings. The van der Waals surface area contributed by atoms with Crippen molar-refractivity contribution in [1.82, 2.24) is 10.2 Å². The van der Waals surface area contributed by atoms with Crippen molar-refractivity contribution in [3.8, 4) is 0 Å². The van der Waals surface area contributed by atoms with Gasteiger partial charge in [-0.15, -0.1) is 0 Å². The van der Waals surface area contributed by atoms with Crippen LogP contribution in [0.15, 0.2) is 0 Å². The molecule has 0 aromatic carbocycles. The Morgan fingerprint density at radius 1 is 1.32 bits per heavy atom. The third kappa shape index (κ3) is 5.19. The van der Waals surface area contributed by atoms with Gasteiger partial charge in [0.2, 0.25) is 5.91 Å². The average Bonchev–Trinajstić information content (AvgIpc) is 2.39. The van der Waals surface area contributed by atoms with Gasteiger partial charge in [0.05, 0.1) is 12.5 Å². The van der Waals surface area contributed by atoms with Gasteiger partial charge in [-0.2, -0.15) is 0 Å². The second kappa shape index (κ2) is 8.15. The van der Waals surface area contributed by atoms with Crippen molar-refractivity contribution in [2.24, 2.45) is 5.92 Å². The SMILES string of the molecule is CCNC(C)CC(=O)N1CCC(C(=O)OCC)CC1. The molecule has 1 rings (SSSR count). The van der Waals surface area contributed by atoms with Gasteiger partial charge < -0.3 is 15.0 Å². The normalized spacial score (nSPS) is 18.2. The molecule has 1 heterocycles. The maximum absolute atomic E-state index is 12.1. The smallest absolute Gasteiger partial charge is 0.309 e. The number of amides is 1. The maximum atomic E-state index is 12.1. The molecular formula is C14H26N2O3. The number of rotatable bonds is 6. The second-order valence-corrected chi connectivity index (χ2v) is 5.07. The Kier molecular flexibility index (Phi) is 6.84. The lowest BCUT2D eigenvalue weighted by Crippen LogP contribution is -2.43. The van der Waals surface area contributed by atoms with E-state index in [-0.39, 0.29) is 23.8 Å². The number of nitrogens with one attached hydrogen (secondary N) is 1. The van der Waals surface area contributed by atoms with Gasteiger partial charge >= 0.3 is 5.97 Å². The summed E-state index contributed by atoms with van der Waals surface area (Å²) < 4.78 is 5.02. The Bertz CT molecular complexity index is 299. The minimum Gasteiger partial charge on any atom is -0.466 e. The van der Waals surface area contributed by atoms with E-state index in [1.807, 2.05) is 25.7 Å². The summed E-state index contributed by atoms with van der Waals surface area (Å²) in [7, 11) is 0. The molecule has 1 atom stereocenters. The zero-order valence-electron chi connectivity index (χ0n) is 12.3. The van der Waals surface area contributed by atoms with Crippen molar-refractivity contribution >= 4 is 11.9 Å². The predicted molar refractivity (Wildman–Crippen MR) is 73.7 cm³/mol. The zero-order valence-corrected chi connectivity index (χ0v) is 12.3. The summed E-state index contributed by atoms with van der Waals surface area (Å²) in [6, 6.07) is 0.209. The van der Waals surface area contributed by atoms with Crippen LogP contribution in [0.5, 0.6) is 0 Å². The Hall–Kier alpha value is -1.10. The molecule has 1 N–H and O–H groups in total. The number of ether oxygens (including phenoxy) is 1. The molecule has 0 saturated carbocycles. The quantitative estimate of drug-likeness (QED) is 0.736. The fourth-order valence-electron chi connectivity index (χ4n) is 2.44. The summed E-state index contributed by atoms with van der Waals surface area (Å²) in [5.41, 5.74) is 0. The molecular weight excluding hydrogens is 244 g/mol. The molecule has 0 bridgehead atoms. The fraction of sp³-hybridized carbons (Fsp3) is 0.857. The monoisotopic (exact) mass is 270 g/mol. The number of piperidine rings is 1. The van der Waals surface area contributed by atoms with E-state index in [0.717, 1.165) is 19.4 Å². The van der Waals surface area contributed by atoms with Gasteiger partial charge in [-0.05, 0) is 33.2 Å². The van der Waals surface area contributed by atoms with Crippen LogP contribution in [0.3, 0.4) is 0 Å². The molecule has 0 radical (unpaired) electrons. The van der Waals surface area contributed by atoms with Gasteiger partial charge in [0, 0.05) is 25.6 Å². The summed E-state index contributed by atoms with van der Waals surface area (Å²) in [6.07, 6.45) is 1.97. The topological polar surface area (TPSA) is 58.6 Å². The summed E-state index contributed by atoms with van der Waals surface area (Å²) in [4.78, 5) is 25.5. The first-order valence-electron chi connectivity index (χ1n) is 7.26. The van der Waals surface area contributed by atoms with E-state index < -0.39 is 0 Å². The van der Waals surface area contributed by atoms with Crippen molar-refractivity contribution in [2.45, 2.75) is 46.1 Å². The van der Waals surface area contributed by atoms with E-state index in [2.05, 4.69) is 5.32 Å². The van der Waals surface area contributed by atoms with Crippen molar-refractivity contribution in [3.05, 3.63) is 0 Å². The minimum atomic E-state index is -0.115. The Morgan fingerprint density at radius 3 is 2.47 bits per heavy atom. The third-order valence-electron chi connectivity index (χ3n) is 3.50. The summed E-state index contributed by atoms with van der Waals surface area (Å²) >= 11 is 0. The first kappa shape index (κ1) is 16.0. The zero-order chi connectivity index (χ0) is 14.3. The number of esters is 1. The van der Waals surface area contributed by atoms with Gasteiger partial charge in [0.25, 0.3) is 0 Å². The highest BCUT2D eigenvalue weighted by atomic mass is 16.5. The van der Waals surface area contributed by atoms with Gasteiger partial charge in [0.15, 0.2) is 0 Å². The van der Waals surface area contributed by atoms with Crippen molar-refractivity contribution in [1.29, 1.82) is 0 Å². The Labute approximate surface area is 115 Å². The van der Waals surface area contributed by atoms with E-state index in [0.29, 0.717) is 26.1 Å². The largest absolute Gasteiger partial charge is 0.466 e. The van der Waals surface area contributed by atoms with Crippen LogP contribution in [-0.4, -0.2) is 49.1 Å². The number of likely N-dealkylation sites (tertiary alicyclic amines) is 1.